The monoisotopic (exact) mass is 337 g/mol. The molecule has 1 fully saturated rings. The first-order valence-corrected chi connectivity index (χ1v) is 7.52. The van der Waals surface area contributed by atoms with Gasteiger partial charge in [0.15, 0.2) is 17.2 Å². The van der Waals surface area contributed by atoms with Gasteiger partial charge in [0.25, 0.3) is 5.91 Å². The number of hydrogen-bond donors (Lipinski definition) is 2. The molecule has 0 saturated carbocycles. The molecule has 3 N–H and O–H groups in total. The fraction of sp³-hybridized carbons (Fsp3) is 0.375. The van der Waals surface area contributed by atoms with Gasteiger partial charge in [-0.15, -0.1) is 0 Å². The van der Waals surface area contributed by atoms with E-state index in [1.54, 1.807) is 0 Å². The number of benzene rings is 1. The number of amides is 1. The molecule has 0 radical (unpaired) electrons. The highest BCUT2D eigenvalue weighted by molar-refractivity contribution is 5.83. The van der Waals surface area contributed by atoms with E-state index in [2.05, 4.69) is 4.98 Å². The molecule has 3 rings (SSSR count). The number of carbonyl (C=O) groups excluding carboxylic acids is 1. The minimum atomic E-state index is -1.54. The maximum absolute atomic E-state index is 13.3. The molecule has 1 amide bonds. The second kappa shape index (κ2) is 6.29. The summed E-state index contributed by atoms with van der Waals surface area (Å²) in [6.07, 6.45) is 2.37. The molecule has 0 spiro atoms. The van der Waals surface area contributed by atoms with Crippen molar-refractivity contribution < 1.29 is 23.1 Å². The molecule has 1 aromatic heterocycles. The van der Waals surface area contributed by atoms with E-state index in [0.717, 1.165) is 12.1 Å². The zero-order valence-corrected chi connectivity index (χ0v) is 12.8. The predicted molar refractivity (Wildman–Crippen MR) is 80.5 cm³/mol. The molecule has 2 aromatic rings. The lowest BCUT2D eigenvalue weighted by Crippen LogP contribution is -2.55. The molecule has 1 atom stereocenters. The van der Waals surface area contributed by atoms with Crippen LogP contribution in [0.25, 0.3) is 11.5 Å². The minimum absolute atomic E-state index is 0.121. The summed E-state index contributed by atoms with van der Waals surface area (Å²) in [5.41, 5.74) is 4.60. The molecule has 1 saturated heterocycles. The van der Waals surface area contributed by atoms with Gasteiger partial charge in [-0.3, -0.25) is 9.69 Å². The van der Waals surface area contributed by atoms with E-state index in [-0.39, 0.29) is 12.4 Å². The average molecular weight is 337 g/mol. The van der Waals surface area contributed by atoms with Crippen LogP contribution in [-0.4, -0.2) is 39.6 Å². The number of primary amides is 1. The average Bonchev–Trinajstić information content (AvgIpc) is 2.98. The second-order valence-electron chi connectivity index (χ2n) is 5.98. The smallest absolute Gasteiger partial charge is 0.250 e. The second-order valence-corrected chi connectivity index (χ2v) is 5.98. The number of halogens is 2. The van der Waals surface area contributed by atoms with Gasteiger partial charge in [-0.25, -0.2) is 13.8 Å². The molecule has 6 nitrogen and oxygen atoms in total. The first-order valence-electron chi connectivity index (χ1n) is 7.52. The quantitative estimate of drug-likeness (QED) is 0.880. The van der Waals surface area contributed by atoms with E-state index in [1.165, 1.54) is 12.3 Å². The Bertz CT molecular complexity index is 765. The van der Waals surface area contributed by atoms with Crippen molar-refractivity contribution >= 4 is 5.91 Å². The molecule has 0 bridgehead atoms. The number of nitrogens with two attached hydrogens (primary N) is 1. The van der Waals surface area contributed by atoms with Crippen LogP contribution < -0.4 is 5.73 Å². The molecule has 24 heavy (non-hydrogen) atoms. The van der Waals surface area contributed by atoms with Gasteiger partial charge in [0.1, 0.15) is 6.26 Å². The van der Waals surface area contributed by atoms with E-state index < -0.39 is 23.1 Å². The Morgan fingerprint density at radius 1 is 1.42 bits per heavy atom. The summed E-state index contributed by atoms with van der Waals surface area (Å²) in [5, 5.41) is 10.2. The van der Waals surface area contributed by atoms with Gasteiger partial charge >= 0.3 is 0 Å². The SMILES string of the molecule is NC(=O)C1(O)CCCN(Cc2coc(-c3ccc(F)c(F)c3)n2)C1. The fourth-order valence-electron chi connectivity index (χ4n) is 2.83. The van der Waals surface area contributed by atoms with Crippen molar-refractivity contribution in [3.05, 3.63) is 41.8 Å². The summed E-state index contributed by atoms with van der Waals surface area (Å²) >= 11 is 0. The van der Waals surface area contributed by atoms with Gasteiger partial charge < -0.3 is 15.3 Å². The van der Waals surface area contributed by atoms with Crippen molar-refractivity contribution in [1.82, 2.24) is 9.88 Å². The third-order valence-electron chi connectivity index (χ3n) is 4.11. The largest absolute Gasteiger partial charge is 0.444 e. The van der Waals surface area contributed by atoms with Gasteiger partial charge in [-0.2, -0.15) is 0 Å². The third-order valence-corrected chi connectivity index (χ3v) is 4.11. The van der Waals surface area contributed by atoms with Gasteiger partial charge in [0, 0.05) is 18.7 Å². The fourth-order valence-corrected chi connectivity index (χ4v) is 2.83. The number of nitrogens with zero attached hydrogens (tertiary/aromatic N) is 2. The molecule has 8 heteroatoms. The van der Waals surface area contributed by atoms with Gasteiger partial charge in [-0.1, -0.05) is 0 Å². The standard InChI is InChI=1S/C16H17F2N3O3/c17-12-3-2-10(6-13(12)18)14-20-11(8-24-14)7-21-5-1-4-16(23,9-21)15(19)22/h2-3,6,8,23H,1,4-5,7,9H2,(H2,19,22). The van der Waals surface area contributed by atoms with Crippen LogP contribution in [0.2, 0.25) is 0 Å². The van der Waals surface area contributed by atoms with E-state index >= 15 is 0 Å². The lowest BCUT2D eigenvalue weighted by atomic mass is 9.92. The first kappa shape index (κ1) is 16.5. The molecule has 2 heterocycles. The number of aromatic nitrogens is 1. The lowest BCUT2D eigenvalue weighted by molar-refractivity contribution is -0.142. The Morgan fingerprint density at radius 2 is 2.21 bits per heavy atom. The van der Waals surface area contributed by atoms with Crippen molar-refractivity contribution in [2.75, 3.05) is 13.1 Å². The Morgan fingerprint density at radius 3 is 2.92 bits per heavy atom. The Hall–Kier alpha value is -2.32. The topological polar surface area (TPSA) is 92.6 Å². The van der Waals surface area contributed by atoms with E-state index in [9.17, 15) is 18.7 Å². The van der Waals surface area contributed by atoms with Gasteiger partial charge in [-0.05, 0) is 37.6 Å². The molecule has 1 aromatic carbocycles. The Kier molecular flexibility index (Phi) is 4.33. The Labute approximate surface area is 136 Å². The Balaban J connectivity index is 1.72. The van der Waals surface area contributed by atoms with Crippen LogP contribution in [0.4, 0.5) is 8.78 Å². The van der Waals surface area contributed by atoms with Gasteiger partial charge in [0.05, 0.1) is 5.69 Å². The normalized spacial score (nSPS) is 21.8. The highest BCUT2D eigenvalue weighted by atomic mass is 19.2. The van der Waals surface area contributed by atoms with Crippen molar-refractivity contribution in [2.24, 2.45) is 5.73 Å². The number of piperidine rings is 1. The maximum Gasteiger partial charge on any atom is 0.250 e. The molecule has 0 aliphatic carbocycles. The van der Waals surface area contributed by atoms with Crippen molar-refractivity contribution in [3.63, 3.8) is 0 Å². The summed E-state index contributed by atoms with van der Waals surface area (Å²) in [6, 6.07) is 3.39. The number of rotatable bonds is 4. The summed E-state index contributed by atoms with van der Waals surface area (Å²) in [5.74, 6) is -2.49. The maximum atomic E-state index is 13.3. The van der Waals surface area contributed by atoms with E-state index in [0.29, 0.717) is 37.2 Å². The predicted octanol–water partition coefficient (Wildman–Crippen LogP) is 1.43. The van der Waals surface area contributed by atoms with Crippen LogP contribution in [0.3, 0.4) is 0 Å². The van der Waals surface area contributed by atoms with Crippen LogP contribution >= 0.6 is 0 Å². The van der Waals surface area contributed by atoms with Crippen LogP contribution in [0.1, 0.15) is 18.5 Å². The molecule has 1 aliphatic heterocycles. The number of oxazole rings is 1. The summed E-state index contributed by atoms with van der Waals surface area (Å²) < 4.78 is 31.6. The van der Waals surface area contributed by atoms with Crippen LogP contribution in [-0.2, 0) is 11.3 Å². The summed E-state index contributed by atoms with van der Waals surface area (Å²) in [6.45, 7) is 1.15. The van der Waals surface area contributed by atoms with E-state index in [1.807, 2.05) is 4.90 Å². The number of aliphatic hydroxyl groups is 1. The van der Waals surface area contributed by atoms with Crippen LogP contribution in [0.15, 0.2) is 28.9 Å². The molecule has 128 valence electrons. The van der Waals surface area contributed by atoms with Crippen molar-refractivity contribution in [2.45, 2.75) is 25.0 Å². The highest BCUT2D eigenvalue weighted by Gasteiger charge is 2.38. The first-order chi connectivity index (χ1) is 11.4. The van der Waals surface area contributed by atoms with Gasteiger partial charge in [0.2, 0.25) is 5.89 Å². The summed E-state index contributed by atoms with van der Waals surface area (Å²) in [7, 11) is 0. The zero-order valence-electron chi connectivity index (χ0n) is 12.8. The third kappa shape index (κ3) is 3.29. The number of carbonyl (C=O) groups is 1. The van der Waals surface area contributed by atoms with E-state index in [4.69, 9.17) is 10.2 Å². The molecule has 1 unspecified atom stereocenters. The van der Waals surface area contributed by atoms with Crippen molar-refractivity contribution in [3.8, 4) is 11.5 Å². The van der Waals surface area contributed by atoms with Crippen molar-refractivity contribution in [1.29, 1.82) is 0 Å². The minimum Gasteiger partial charge on any atom is -0.444 e. The molecular formula is C16H17F2N3O3. The molecule has 1 aliphatic rings. The number of likely N-dealkylation sites (tertiary alicyclic amines) is 1. The van der Waals surface area contributed by atoms with Crippen LogP contribution in [0, 0.1) is 11.6 Å². The number of β-amino-alcohol motifs (C(OH)–C–C–N with tert-alkyl or cyclic N) is 1. The summed E-state index contributed by atoms with van der Waals surface area (Å²) in [4.78, 5) is 17.5. The number of hydrogen-bond acceptors (Lipinski definition) is 5. The lowest BCUT2D eigenvalue weighted by Gasteiger charge is -2.36. The van der Waals surface area contributed by atoms with Crippen LogP contribution in [0.5, 0.6) is 0 Å². The molecular weight excluding hydrogens is 320 g/mol. The highest BCUT2D eigenvalue weighted by Crippen LogP contribution is 2.24. The zero-order chi connectivity index (χ0) is 17.3.